The Morgan fingerprint density at radius 1 is 1.19 bits per heavy atom. The molecule has 0 radical (unpaired) electrons. The number of H-pyrrole nitrogens is 1. The SMILES string of the molecule is CN=C(NCCc1c[nH]c2ccc(F)cc12)NCc1cccc(OCC(=O)N(C)C)c1.I. The smallest absolute Gasteiger partial charge is 0.259 e. The number of aromatic amines is 1. The fourth-order valence-electron chi connectivity index (χ4n) is 3.10. The number of aromatic nitrogens is 1. The van der Waals surface area contributed by atoms with E-state index in [2.05, 4.69) is 20.6 Å². The highest BCUT2D eigenvalue weighted by Gasteiger charge is 2.07. The molecule has 3 rings (SSSR count). The molecule has 0 saturated heterocycles. The van der Waals surface area contributed by atoms with Crippen LogP contribution in [-0.4, -0.2) is 56.0 Å². The second kappa shape index (κ2) is 12.3. The van der Waals surface area contributed by atoms with Crippen LogP contribution in [0.3, 0.4) is 0 Å². The number of hydrogen-bond acceptors (Lipinski definition) is 3. The van der Waals surface area contributed by atoms with E-state index in [4.69, 9.17) is 4.74 Å². The van der Waals surface area contributed by atoms with Gasteiger partial charge in [-0.25, -0.2) is 4.39 Å². The van der Waals surface area contributed by atoms with Crippen molar-refractivity contribution in [2.75, 3.05) is 34.3 Å². The van der Waals surface area contributed by atoms with Gasteiger partial charge in [0.2, 0.25) is 0 Å². The Morgan fingerprint density at radius 2 is 2.00 bits per heavy atom. The molecule has 9 heteroatoms. The van der Waals surface area contributed by atoms with E-state index in [0.29, 0.717) is 24.8 Å². The third-order valence-electron chi connectivity index (χ3n) is 4.86. The third kappa shape index (κ3) is 7.11. The van der Waals surface area contributed by atoms with E-state index >= 15 is 0 Å². The van der Waals surface area contributed by atoms with E-state index in [-0.39, 0.29) is 42.3 Å². The van der Waals surface area contributed by atoms with Crippen LogP contribution < -0.4 is 15.4 Å². The zero-order valence-corrected chi connectivity index (χ0v) is 20.8. The number of ether oxygens (including phenoxy) is 1. The predicted molar refractivity (Wildman–Crippen MR) is 136 cm³/mol. The Bertz CT molecular complexity index is 1070. The summed E-state index contributed by atoms with van der Waals surface area (Å²) in [6, 6.07) is 12.3. The highest BCUT2D eigenvalue weighted by Crippen LogP contribution is 2.19. The summed E-state index contributed by atoms with van der Waals surface area (Å²) in [4.78, 5) is 20.6. The summed E-state index contributed by atoms with van der Waals surface area (Å²) in [6.45, 7) is 1.21. The molecular formula is C23H29FIN5O2. The van der Waals surface area contributed by atoms with Crippen molar-refractivity contribution in [3.05, 3.63) is 65.6 Å². The van der Waals surface area contributed by atoms with Gasteiger partial charge in [-0.3, -0.25) is 9.79 Å². The molecule has 0 fully saturated rings. The number of halogens is 2. The van der Waals surface area contributed by atoms with Crippen molar-refractivity contribution in [2.24, 2.45) is 4.99 Å². The van der Waals surface area contributed by atoms with Gasteiger partial charge in [-0.2, -0.15) is 0 Å². The number of nitrogens with zero attached hydrogens (tertiary/aromatic N) is 2. The summed E-state index contributed by atoms with van der Waals surface area (Å²) in [5.74, 6) is 0.978. The van der Waals surface area contributed by atoms with Gasteiger partial charge >= 0.3 is 0 Å². The molecule has 32 heavy (non-hydrogen) atoms. The van der Waals surface area contributed by atoms with Crippen molar-refractivity contribution < 1.29 is 13.9 Å². The highest BCUT2D eigenvalue weighted by atomic mass is 127. The fraction of sp³-hybridized carbons (Fsp3) is 0.304. The van der Waals surface area contributed by atoms with E-state index in [0.717, 1.165) is 28.5 Å². The van der Waals surface area contributed by atoms with Crippen LogP contribution in [0.1, 0.15) is 11.1 Å². The van der Waals surface area contributed by atoms with Gasteiger partial charge in [0.25, 0.3) is 5.91 Å². The van der Waals surface area contributed by atoms with E-state index in [1.54, 1.807) is 33.3 Å². The minimum Gasteiger partial charge on any atom is -0.484 e. The van der Waals surface area contributed by atoms with Crippen LogP contribution in [0.4, 0.5) is 4.39 Å². The van der Waals surface area contributed by atoms with Gasteiger partial charge in [0.1, 0.15) is 11.6 Å². The number of guanidine groups is 1. The molecule has 2 aromatic carbocycles. The molecule has 0 bridgehead atoms. The van der Waals surface area contributed by atoms with Crippen LogP contribution >= 0.6 is 24.0 Å². The number of nitrogens with one attached hydrogen (secondary N) is 3. The zero-order valence-electron chi connectivity index (χ0n) is 18.4. The van der Waals surface area contributed by atoms with Gasteiger partial charge in [-0.05, 0) is 47.9 Å². The van der Waals surface area contributed by atoms with Crippen LogP contribution in [-0.2, 0) is 17.8 Å². The van der Waals surface area contributed by atoms with Gasteiger partial charge in [0.15, 0.2) is 12.6 Å². The number of aliphatic imine (C=N–C) groups is 1. The first-order valence-electron chi connectivity index (χ1n) is 10.1. The van der Waals surface area contributed by atoms with E-state index < -0.39 is 0 Å². The Balaban J connectivity index is 0.00000363. The molecular weight excluding hydrogens is 524 g/mol. The average Bonchev–Trinajstić information content (AvgIpc) is 3.16. The lowest BCUT2D eigenvalue weighted by Gasteiger charge is -2.13. The van der Waals surface area contributed by atoms with E-state index in [9.17, 15) is 9.18 Å². The normalized spacial score (nSPS) is 11.1. The molecule has 1 amide bonds. The van der Waals surface area contributed by atoms with Crippen molar-refractivity contribution in [3.63, 3.8) is 0 Å². The van der Waals surface area contributed by atoms with Crippen molar-refractivity contribution in [1.82, 2.24) is 20.5 Å². The first kappa shape index (κ1) is 25.4. The molecule has 0 aliphatic heterocycles. The minimum absolute atomic E-state index is 0. The highest BCUT2D eigenvalue weighted by molar-refractivity contribution is 14.0. The van der Waals surface area contributed by atoms with Gasteiger partial charge in [-0.1, -0.05) is 12.1 Å². The number of benzene rings is 2. The van der Waals surface area contributed by atoms with Crippen LogP contribution in [0.15, 0.2) is 53.7 Å². The molecule has 172 valence electrons. The maximum atomic E-state index is 13.5. The number of carbonyl (C=O) groups excluding carboxylic acids is 1. The monoisotopic (exact) mass is 553 g/mol. The summed E-state index contributed by atoms with van der Waals surface area (Å²) < 4.78 is 19.1. The summed E-state index contributed by atoms with van der Waals surface area (Å²) in [7, 11) is 5.10. The molecule has 0 aliphatic rings. The maximum Gasteiger partial charge on any atom is 0.259 e. The molecule has 0 spiro atoms. The molecule has 0 saturated carbocycles. The quantitative estimate of drug-likeness (QED) is 0.227. The third-order valence-corrected chi connectivity index (χ3v) is 4.86. The van der Waals surface area contributed by atoms with E-state index in [1.165, 1.54) is 11.0 Å². The van der Waals surface area contributed by atoms with Crippen LogP contribution in [0.5, 0.6) is 5.75 Å². The van der Waals surface area contributed by atoms with Crippen LogP contribution in [0.25, 0.3) is 10.9 Å². The first-order chi connectivity index (χ1) is 15.0. The lowest BCUT2D eigenvalue weighted by molar-refractivity contribution is -0.130. The molecule has 0 aliphatic carbocycles. The molecule has 7 nitrogen and oxygen atoms in total. The second-order valence-electron chi connectivity index (χ2n) is 7.33. The second-order valence-corrected chi connectivity index (χ2v) is 7.33. The predicted octanol–water partition coefficient (Wildman–Crippen LogP) is 3.30. The van der Waals surface area contributed by atoms with Gasteiger partial charge in [-0.15, -0.1) is 24.0 Å². The molecule has 1 aromatic heterocycles. The van der Waals surface area contributed by atoms with Gasteiger partial charge in [0, 0.05) is 51.3 Å². The average molecular weight is 553 g/mol. The number of carbonyl (C=O) groups is 1. The largest absolute Gasteiger partial charge is 0.484 e. The number of amides is 1. The van der Waals surface area contributed by atoms with Crippen molar-refractivity contribution in [2.45, 2.75) is 13.0 Å². The summed E-state index contributed by atoms with van der Waals surface area (Å²) in [6.07, 6.45) is 2.64. The van der Waals surface area contributed by atoms with Gasteiger partial charge in [0.05, 0.1) is 0 Å². The van der Waals surface area contributed by atoms with Crippen LogP contribution in [0.2, 0.25) is 0 Å². The number of rotatable bonds is 8. The standard InChI is InChI=1S/C23H28FN5O2.HI/c1-25-23(26-10-9-17-14-27-21-8-7-18(24)12-20(17)21)28-13-16-5-4-6-19(11-16)31-15-22(30)29(2)3;/h4-8,11-12,14,27H,9-10,13,15H2,1-3H3,(H2,25,26,28);1H. The van der Waals surface area contributed by atoms with Crippen LogP contribution in [0, 0.1) is 5.82 Å². The summed E-state index contributed by atoms with van der Waals surface area (Å²) >= 11 is 0. The van der Waals surface area contributed by atoms with E-state index in [1.807, 2.05) is 30.5 Å². The number of likely N-dealkylation sites (N-methyl/N-ethyl adjacent to an activating group) is 1. The Morgan fingerprint density at radius 3 is 2.75 bits per heavy atom. The van der Waals surface area contributed by atoms with Crippen molar-refractivity contribution >= 4 is 46.7 Å². The summed E-state index contributed by atoms with van der Waals surface area (Å²) in [5, 5.41) is 7.43. The fourth-order valence-corrected chi connectivity index (χ4v) is 3.10. The van der Waals surface area contributed by atoms with Crippen molar-refractivity contribution in [3.8, 4) is 5.75 Å². The Hall–Kier alpha value is -2.82. The molecule has 0 unspecified atom stereocenters. The lowest BCUT2D eigenvalue weighted by atomic mass is 10.1. The minimum atomic E-state index is -0.240. The maximum absolute atomic E-state index is 13.5. The Kier molecular flexibility index (Phi) is 9.76. The van der Waals surface area contributed by atoms with Gasteiger partial charge < -0.3 is 25.3 Å². The summed E-state index contributed by atoms with van der Waals surface area (Å²) in [5.41, 5.74) is 2.98. The number of fused-ring (bicyclic) bond motifs is 1. The zero-order chi connectivity index (χ0) is 22.2. The Labute approximate surface area is 204 Å². The first-order valence-corrected chi connectivity index (χ1v) is 10.1. The number of hydrogen-bond donors (Lipinski definition) is 3. The van der Waals surface area contributed by atoms with Crippen molar-refractivity contribution in [1.29, 1.82) is 0 Å². The molecule has 3 N–H and O–H groups in total. The molecule has 3 aromatic rings. The topological polar surface area (TPSA) is 81.7 Å². The lowest BCUT2D eigenvalue weighted by Crippen LogP contribution is -2.37. The molecule has 1 heterocycles. The molecule has 0 atom stereocenters.